The quantitative estimate of drug-likeness (QED) is 0.768. The molecule has 98 valence electrons. The van der Waals surface area contributed by atoms with Gasteiger partial charge in [-0.3, -0.25) is 0 Å². The normalized spacial score (nSPS) is 16.5. The highest BCUT2D eigenvalue weighted by molar-refractivity contribution is 5.90. The third-order valence-electron chi connectivity index (χ3n) is 3.47. The summed E-state index contributed by atoms with van der Waals surface area (Å²) in [6.45, 7) is 4.12. The fraction of sp³-hybridized carbons (Fsp3) is 0.533. The molecule has 1 aliphatic rings. The molecule has 0 aromatic heterocycles. The van der Waals surface area contributed by atoms with E-state index in [0.717, 1.165) is 38.0 Å². The lowest BCUT2D eigenvalue weighted by molar-refractivity contribution is 0.0370. The fourth-order valence-corrected chi connectivity index (χ4v) is 2.23. The van der Waals surface area contributed by atoms with E-state index < -0.39 is 0 Å². The molecule has 0 atom stereocenters. The molecule has 0 radical (unpaired) electrons. The minimum atomic E-state index is -0.208. The van der Waals surface area contributed by atoms with Crippen molar-refractivity contribution in [1.29, 1.82) is 0 Å². The van der Waals surface area contributed by atoms with Crippen LogP contribution in [0, 0.1) is 12.8 Å². The van der Waals surface area contributed by atoms with Gasteiger partial charge in [0.2, 0.25) is 0 Å². The van der Waals surface area contributed by atoms with Gasteiger partial charge in [0.25, 0.3) is 0 Å². The molecule has 3 heteroatoms. The van der Waals surface area contributed by atoms with Gasteiger partial charge < -0.3 is 9.47 Å². The third kappa shape index (κ3) is 3.57. The molecule has 0 bridgehead atoms. The van der Waals surface area contributed by atoms with Crippen LogP contribution in [0.3, 0.4) is 0 Å². The number of carbonyl (C=O) groups is 1. The van der Waals surface area contributed by atoms with Crippen LogP contribution in [0.5, 0.6) is 0 Å². The molecule has 0 saturated carbocycles. The van der Waals surface area contributed by atoms with Gasteiger partial charge in [-0.2, -0.15) is 0 Å². The van der Waals surface area contributed by atoms with Crippen molar-refractivity contribution in [2.24, 2.45) is 5.92 Å². The van der Waals surface area contributed by atoms with Crippen molar-refractivity contribution in [3.05, 3.63) is 35.4 Å². The van der Waals surface area contributed by atoms with E-state index in [1.165, 1.54) is 0 Å². The van der Waals surface area contributed by atoms with Crippen molar-refractivity contribution < 1.29 is 14.3 Å². The van der Waals surface area contributed by atoms with E-state index in [4.69, 9.17) is 9.47 Å². The topological polar surface area (TPSA) is 35.5 Å². The number of aryl methyl sites for hydroxylation is 1. The lowest BCUT2D eigenvalue weighted by Gasteiger charge is -2.21. The first-order valence-electron chi connectivity index (χ1n) is 6.58. The molecule has 1 aromatic carbocycles. The van der Waals surface area contributed by atoms with E-state index >= 15 is 0 Å². The summed E-state index contributed by atoms with van der Waals surface area (Å²) in [5.41, 5.74) is 1.64. The van der Waals surface area contributed by atoms with Crippen molar-refractivity contribution in [1.82, 2.24) is 0 Å². The molecule has 18 heavy (non-hydrogen) atoms. The van der Waals surface area contributed by atoms with Crippen molar-refractivity contribution in [2.45, 2.75) is 26.2 Å². The second-order valence-electron chi connectivity index (χ2n) is 4.80. The van der Waals surface area contributed by atoms with E-state index in [-0.39, 0.29) is 5.97 Å². The molecule has 0 N–H and O–H groups in total. The molecule has 3 nitrogen and oxygen atoms in total. The predicted octanol–water partition coefficient (Wildman–Crippen LogP) is 2.97. The molecule has 0 spiro atoms. The first-order chi connectivity index (χ1) is 8.77. The highest BCUT2D eigenvalue weighted by atomic mass is 16.5. The van der Waals surface area contributed by atoms with E-state index in [1.807, 2.05) is 31.2 Å². The van der Waals surface area contributed by atoms with Crippen LogP contribution in [-0.4, -0.2) is 25.8 Å². The van der Waals surface area contributed by atoms with Crippen LogP contribution in [0.25, 0.3) is 0 Å². The molecule has 1 aliphatic heterocycles. The average molecular weight is 248 g/mol. The summed E-state index contributed by atoms with van der Waals surface area (Å²) in [6, 6.07) is 7.53. The molecule has 0 aliphatic carbocycles. The molecule has 1 aromatic rings. The standard InChI is InChI=1S/C15H20O3/c1-12-4-2-3-5-14(12)15(16)18-11-8-13-6-9-17-10-7-13/h2-5,13H,6-11H2,1H3. The average Bonchev–Trinajstić information content (AvgIpc) is 2.40. The van der Waals surface area contributed by atoms with Crippen molar-refractivity contribution >= 4 is 5.97 Å². The first-order valence-corrected chi connectivity index (χ1v) is 6.58. The maximum Gasteiger partial charge on any atom is 0.338 e. The summed E-state index contributed by atoms with van der Waals surface area (Å²) in [7, 11) is 0. The van der Waals surface area contributed by atoms with Gasteiger partial charge >= 0.3 is 5.97 Å². The minimum absolute atomic E-state index is 0.208. The summed E-state index contributed by atoms with van der Waals surface area (Å²) in [5.74, 6) is 0.434. The Labute approximate surface area is 108 Å². The number of carbonyl (C=O) groups excluding carboxylic acids is 1. The summed E-state index contributed by atoms with van der Waals surface area (Å²) in [5, 5.41) is 0. The van der Waals surface area contributed by atoms with Gasteiger partial charge in [-0.25, -0.2) is 4.79 Å². The monoisotopic (exact) mass is 248 g/mol. The zero-order valence-electron chi connectivity index (χ0n) is 10.9. The van der Waals surface area contributed by atoms with Crippen LogP contribution >= 0.6 is 0 Å². The summed E-state index contributed by atoms with van der Waals surface area (Å²) >= 11 is 0. The summed E-state index contributed by atoms with van der Waals surface area (Å²) in [4.78, 5) is 11.9. The van der Waals surface area contributed by atoms with Gasteiger partial charge in [0.1, 0.15) is 0 Å². The zero-order valence-corrected chi connectivity index (χ0v) is 10.9. The van der Waals surface area contributed by atoms with Gasteiger partial charge in [-0.1, -0.05) is 18.2 Å². The predicted molar refractivity (Wildman–Crippen MR) is 69.6 cm³/mol. The van der Waals surface area contributed by atoms with Crippen LogP contribution in [0.1, 0.15) is 35.2 Å². The van der Waals surface area contributed by atoms with E-state index in [9.17, 15) is 4.79 Å². The zero-order chi connectivity index (χ0) is 12.8. The Morgan fingerprint density at radius 3 is 2.78 bits per heavy atom. The maximum atomic E-state index is 11.9. The second-order valence-corrected chi connectivity index (χ2v) is 4.80. The van der Waals surface area contributed by atoms with Gasteiger partial charge in [-0.05, 0) is 43.7 Å². The van der Waals surface area contributed by atoms with Gasteiger partial charge in [-0.15, -0.1) is 0 Å². The fourth-order valence-electron chi connectivity index (χ4n) is 2.23. The maximum absolute atomic E-state index is 11.9. The summed E-state index contributed by atoms with van der Waals surface area (Å²) in [6.07, 6.45) is 3.12. The Morgan fingerprint density at radius 2 is 2.06 bits per heavy atom. The number of benzene rings is 1. The lowest BCUT2D eigenvalue weighted by atomic mass is 9.97. The van der Waals surface area contributed by atoms with Crippen LogP contribution in [0.15, 0.2) is 24.3 Å². The minimum Gasteiger partial charge on any atom is -0.462 e. The molecule has 0 amide bonds. The Bertz CT molecular complexity index is 394. The van der Waals surface area contributed by atoms with Gasteiger partial charge in [0.15, 0.2) is 0 Å². The number of esters is 1. The number of rotatable bonds is 4. The smallest absolute Gasteiger partial charge is 0.338 e. The van der Waals surface area contributed by atoms with E-state index in [0.29, 0.717) is 18.1 Å². The van der Waals surface area contributed by atoms with Crippen molar-refractivity contribution in [3.63, 3.8) is 0 Å². The Balaban J connectivity index is 1.76. The van der Waals surface area contributed by atoms with E-state index in [1.54, 1.807) is 0 Å². The summed E-state index contributed by atoms with van der Waals surface area (Å²) < 4.78 is 10.6. The molecule has 1 heterocycles. The third-order valence-corrected chi connectivity index (χ3v) is 3.47. The van der Waals surface area contributed by atoms with Gasteiger partial charge in [0.05, 0.1) is 12.2 Å². The Kier molecular flexibility index (Phi) is 4.76. The largest absolute Gasteiger partial charge is 0.462 e. The van der Waals surface area contributed by atoms with E-state index in [2.05, 4.69) is 0 Å². The van der Waals surface area contributed by atoms with Crippen LogP contribution < -0.4 is 0 Å². The second kappa shape index (κ2) is 6.55. The molecular weight excluding hydrogens is 228 g/mol. The number of ether oxygens (including phenoxy) is 2. The van der Waals surface area contributed by atoms with Crippen LogP contribution in [0.2, 0.25) is 0 Å². The molecule has 2 rings (SSSR count). The van der Waals surface area contributed by atoms with Crippen molar-refractivity contribution in [3.8, 4) is 0 Å². The lowest BCUT2D eigenvalue weighted by Crippen LogP contribution is -2.18. The number of hydrogen-bond donors (Lipinski definition) is 0. The van der Waals surface area contributed by atoms with Gasteiger partial charge in [0, 0.05) is 13.2 Å². The SMILES string of the molecule is Cc1ccccc1C(=O)OCCC1CCOCC1. The Hall–Kier alpha value is -1.35. The Morgan fingerprint density at radius 1 is 1.33 bits per heavy atom. The first kappa shape index (κ1) is 13.1. The van der Waals surface area contributed by atoms with Crippen LogP contribution in [0.4, 0.5) is 0 Å². The molecule has 0 unspecified atom stereocenters. The molecular formula is C15H20O3. The van der Waals surface area contributed by atoms with Crippen molar-refractivity contribution in [2.75, 3.05) is 19.8 Å². The highest BCUT2D eigenvalue weighted by Gasteiger charge is 2.15. The molecule has 1 fully saturated rings. The van der Waals surface area contributed by atoms with Crippen LogP contribution in [-0.2, 0) is 9.47 Å². The highest BCUT2D eigenvalue weighted by Crippen LogP contribution is 2.18. The molecule has 1 saturated heterocycles. The number of hydrogen-bond acceptors (Lipinski definition) is 3.